The second kappa shape index (κ2) is 4.81. The molecule has 0 heterocycles. The van der Waals surface area contributed by atoms with Crippen molar-refractivity contribution in [1.29, 1.82) is 0 Å². The average molecular weight is 215 g/mol. The molecule has 0 spiro atoms. The summed E-state index contributed by atoms with van der Waals surface area (Å²) in [6.07, 6.45) is 3.80. The van der Waals surface area contributed by atoms with Crippen molar-refractivity contribution in [3.05, 3.63) is 0 Å². The summed E-state index contributed by atoms with van der Waals surface area (Å²) < 4.78 is 5.06. The van der Waals surface area contributed by atoms with Crippen molar-refractivity contribution in [1.82, 2.24) is 0 Å². The smallest absolute Gasteiger partial charge is 0.0659 e. The lowest BCUT2D eigenvalue weighted by Crippen LogP contribution is -2.42. The van der Waals surface area contributed by atoms with E-state index in [2.05, 4.69) is 13.8 Å². The van der Waals surface area contributed by atoms with Gasteiger partial charge in [-0.15, -0.1) is 0 Å². The van der Waals surface area contributed by atoms with Crippen molar-refractivity contribution in [2.24, 2.45) is 16.6 Å². The lowest BCUT2D eigenvalue weighted by Gasteiger charge is -2.36. The Morgan fingerprint density at radius 3 is 2.47 bits per heavy atom. The first-order chi connectivity index (χ1) is 6.98. The van der Waals surface area contributed by atoms with Crippen LogP contribution in [0, 0.1) is 10.8 Å². The fourth-order valence-electron chi connectivity index (χ4n) is 2.82. The highest BCUT2D eigenvalue weighted by molar-refractivity contribution is 5.01. The molecule has 1 aliphatic rings. The lowest BCUT2D eigenvalue weighted by molar-refractivity contribution is -0.0127. The van der Waals surface area contributed by atoms with Crippen molar-refractivity contribution in [2.75, 3.05) is 20.3 Å². The Labute approximate surface area is 93.0 Å². The monoisotopic (exact) mass is 215 g/mol. The molecule has 1 saturated carbocycles. The summed E-state index contributed by atoms with van der Waals surface area (Å²) in [4.78, 5) is 0. The third-order valence-electron chi connectivity index (χ3n) is 4.02. The highest BCUT2D eigenvalue weighted by Crippen LogP contribution is 2.51. The standard InChI is InChI=1S/C12H25NO2/c1-11(2)6-7-12(9-13,10(11)14)5-4-8-15-3/h10,14H,4-9,13H2,1-3H3. The van der Waals surface area contributed by atoms with E-state index in [1.54, 1.807) is 7.11 Å². The summed E-state index contributed by atoms with van der Waals surface area (Å²) in [5, 5.41) is 10.3. The highest BCUT2D eigenvalue weighted by atomic mass is 16.5. The van der Waals surface area contributed by atoms with Crippen molar-refractivity contribution >= 4 is 0 Å². The lowest BCUT2D eigenvalue weighted by atomic mass is 9.75. The molecule has 1 aliphatic carbocycles. The predicted molar refractivity (Wildman–Crippen MR) is 61.6 cm³/mol. The Morgan fingerprint density at radius 1 is 1.40 bits per heavy atom. The zero-order chi connectivity index (χ0) is 11.5. The quantitative estimate of drug-likeness (QED) is 0.684. The molecule has 3 N–H and O–H groups in total. The van der Waals surface area contributed by atoms with Crippen LogP contribution in [-0.4, -0.2) is 31.5 Å². The minimum Gasteiger partial charge on any atom is -0.392 e. The SMILES string of the molecule is COCCCC1(CN)CCC(C)(C)C1O. The first kappa shape index (κ1) is 12.9. The molecule has 0 aromatic rings. The normalized spacial score (nSPS) is 34.6. The van der Waals surface area contributed by atoms with Gasteiger partial charge in [-0.1, -0.05) is 13.8 Å². The zero-order valence-corrected chi connectivity index (χ0v) is 10.3. The molecular formula is C12H25NO2. The van der Waals surface area contributed by atoms with Crippen molar-refractivity contribution < 1.29 is 9.84 Å². The molecule has 3 nitrogen and oxygen atoms in total. The molecule has 0 aromatic heterocycles. The van der Waals surface area contributed by atoms with Gasteiger partial charge in [0.15, 0.2) is 0 Å². The summed E-state index contributed by atoms with van der Waals surface area (Å²) in [6, 6.07) is 0. The van der Waals surface area contributed by atoms with Gasteiger partial charge in [0.1, 0.15) is 0 Å². The molecular weight excluding hydrogens is 190 g/mol. The van der Waals surface area contributed by atoms with Gasteiger partial charge in [0.25, 0.3) is 0 Å². The van der Waals surface area contributed by atoms with E-state index < -0.39 is 0 Å². The molecule has 0 aliphatic heterocycles. The predicted octanol–water partition coefficient (Wildman–Crippen LogP) is 1.54. The number of aliphatic hydroxyl groups excluding tert-OH is 1. The minimum absolute atomic E-state index is 0.0203. The number of nitrogens with two attached hydrogens (primary N) is 1. The van der Waals surface area contributed by atoms with Crippen LogP contribution >= 0.6 is 0 Å². The van der Waals surface area contributed by atoms with Gasteiger partial charge in [-0.2, -0.15) is 0 Å². The summed E-state index contributed by atoms with van der Waals surface area (Å²) in [5.41, 5.74) is 5.81. The van der Waals surface area contributed by atoms with E-state index in [0.717, 1.165) is 32.3 Å². The number of aliphatic hydroxyl groups is 1. The maximum atomic E-state index is 10.3. The summed E-state index contributed by atoms with van der Waals surface area (Å²) >= 11 is 0. The van der Waals surface area contributed by atoms with Crippen LogP contribution in [0.1, 0.15) is 39.5 Å². The molecule has 1 fully saturated rings. The topological polar surface area (TPSA) is 55.5 Å². The average Bonchev–Trinajstić information content (AvgIpc) is 2.43. The maximum absolute atomic E-state index is 10.3. The third kappa shape index (κ3) is 2.52. The Bertz CT molecular complexity index is 206. The number of ether oxygens (including phenoxy) is 1. The van der Waals surface area contributed by atoms with Gasteiger partial charge >= 0.3 is 0 Å². The number of hydrogen-bond donors (Lipinski definition) is 2. The van der Waals surface area contributed by atoms with E-state index >= 15 is 0 Å². The van der Waals surface area contributed by atoms with E-state index in [9.17, 15) is 5.11 Å². The summed E-state index contributed by atoms with van der Waals surface area (Å²) in [7, 11) is 1.71. The van der Waals surface area contributed by atoms with Gasteiger partial charge in [0.2, 0.25) is 0 Å². The Morgan fingerprint density at radius 2 is 2.07 bits per heavy atom. The van der Waals surface area contributed by atoms with E-state index in [1.807, 2.05) is 0 Å². The maximum Gasteiger partial charge on any atom is 0.0659 e. The van der Waals surface area contributed by atoms with Crippen LogP contribution in [0.5, 0.6) is 0 Å². The largest absolute Gasteiger partial charge is 0.392 e. The van der Waals surface area contributed by atoms with Gasteiger partial charge in [-0.05, 0) is 31.1 Å². The minimum atomic E-state index is -0.271. The first-order valence-electron chi connectivity index (χ1n) is 5.85. The molecule has 15 heavy (non-hydrogen) atoms. The van der Waals surface area contributed by atoms with E-state index in [1.165, 1.54) is 0 Å². The van der Waals surface area contributed by atoms with Gasteiger partial charge in [-0.3, -0.25) is 0 Å². The highest BCUT2D eigenvalue weighted by Gasteiger charge is 2.50. The van der Waals surface area contributed by atoms with Crippen molar-refractivity contribution in [2.45, 2.75) is 45.6 Å². The van der Waals surface area contributed by atoms with Crippen molar-refractivity contribution in [3.8, 4) is 0 Å². The van der Waals surface area contributed by atoms with E-state index in [0.29, 0.717) is 6.54 Å². The van der Waals surface area contributed by atoms with E-state index in [-0.39, 0.29) is 16.9 Å². The zero-order valence-electron chi connectivity index (χ0n) is 10.3. The van der Waals surface area contributed by atoms with Crippen LogP contribution in [0.15, 0.2) is 0 Å². The molecule has 2 atom stereocenters. The third-order valence-corrected chi connectivity index (χ3v) is 4.02. The number of hydrogen-bond acceptors (Lipinski definition) is 3. The fourth-order valence-corrected chi connectivity index (χ4v) is 2.82. The second-order valence-electron chi connectivity index (χ2n) is 5.55. The van der Waals surface area contributed by atoms with Crippen LogP contribution in [0.3, 0.4) is 0 Å². The Hall–Kier alpha value is -0.120. The second-order valence-corrected chi connectivity index (χ2v) is 5.55. The Kier molecular flexibility index (Phi) is 4.15. The molecule has 0 amide bonds. The Balaban J connectivity index is 2.61. The van der Waals surface area contributed by atoms with Crippen LogP contribution in [-0.2, 0) is 4.74 Å². The molecule has 0 aromatic carbocycles. The molecule has 90 valence electrons. The first-order valence-corrected chi connectivity index (χ1v) is 5.85. The van der Waals surface area contributed by atoms with Gasteiger partial charge < -0.3 is 15.6 Å². The molecule has 3 heteroatoms. The van der Waals surface area contributed by atoms with Crippen LogP contribution < -0.4 is 5.73 Å². The molecule has 0 radical (unpaired) electrons. The molecule has 0 bridgehead atoms. The van der Waals surface area contributed by atoms with Gasteiger partial charge in [-0.25, -0.2) is 0 Å². The molecule has 1 rings (SSSR count). The van der Waals surface area contributed by atoms with Crippen LogP contribution in [0.4, 0.5) is 0 Å². The summed E-state index contributed by atoms with van der Waals surface area (Å²) in [5.74, 6) is 0. The molecule has 0 saturated heterocycles. The number of methoxy groups -OCH3 is 1. The van der Waals surface area contributed by atoms with E-state index in [4.69, 9.17) is 10.5 Å². The van der Waals surface area contributed by atoms with Gasteiger partial charge in [0.05, 0.1) is 6.10 Å². The number of rotatable bonds is 5. The summed E-state index contributed by atoms with van der Waals surface area (Å²) in [6.45, 7) is 5.60. The van der Waals surface area contributed by atoms with Gasteiger partial charge in [0, 0.05) is 25.7 Å². The van der Waals surface area contributed by atoms with Crippen molar-refractivity contribution in [3.63, 3.8) is 0 Å². The van der Waals surface area contributed by atoms with Crippen LogP contribution in [0.2, 0.25) is 0 Å². The van der Waals surface area contributed by atoms with Crippen LogP contribution in [0.25, 0.3) is 0 Å². The fraction of sp³-hybridized carbons (Fsp3) is 1.00. The molecule has 2 unspecified atom stereocenters.